The minimum absolute atomic E-state index is 0.177. The van der Waals surface area contributed by atoms with E-state index in [2.05, 4.69) is 44.3 Å². The molecule has 0 spiro atoms. The summed E-state index contributed by atoms with van der Waals surface area (Å²) in [5.41, 5.74) is 1.34. The Hall–Kier alpha value is 0.290. The van der Waals surface area contributed by atoms with Gasteiger partial charge in [0.1, 0.15) is 5.01 Å². The Bertz CT molecular complexity index is 485. The summed E-state index contributed by atoms with van der Waals surface area (Å²) in [6, 6.07) is 0. The van der Waals surface area contributed by atoms with Gasteiger partial charge >= 0.3 is 0 Å². The van der Waals surface area contributed by atoms with E-state index in [-0.39, 0.29) is 11.5 Å². The van der Waals surface area contributed by atoms with Crippen LogP contribution >= 0.6 is 34.9 Å². The Morgan fingerprint density at radius 3 is 2.80 bits per heavy atom. The molecule has 0 saturated carbocycles. The summed E-state index contributed by atoms with van der Waals surface area (Å²) in [6.07, 6.45) is 2.78. The van der Waals surface area contributed by atoms with E-state index < -0.39 is 0 Å². The number of hydrogen-bond acceptors (Lipinski definition) is 5. The summed E-state index contributed by atoms with van der Waals surface area (Å²) >= 11 is 5.93. The van der Waals surface area contributed by atoms with Crippen molar-refractivity contribution in [3.8, 4) is 0 Å². The fourth-order valence-electron chi connectivity index (χ4n) is 3.16. The number of hydrogen-bond donors (Lipinski definition) is 1. The molecule has 1 saturated heterocycles. The third-order valence-electron chi connectivity index (χ3n) is 4.13. The summed E-state index contributed by atoms with van der Waals surface area (Å²) in [4.78, 5) is 6.09. The molecule has 5 heteroatoms. The SMILES string of the molecule is CCC1SCCSC1c1nc2c(s1)C(O)CC(C)(C)C2. The first-order valence-electron chi connectivity index (χ1n) is 7.41. The van der Waals surface area contributed by atoms with Crippen LogP contribution in [-0.4, -0.2) is 26.8 Å². The maximum atomic E-state index is 10.4. The van der Waals surface area contributed by atoms with Crippen LogP contribution in [0.2, 0.25) is 0 Å². The Labute approximate surface area is 134 Å². The normalized spacial score (nSPS) is 32.9. The fraction of sp³-hybridized carbons (Fsp3) is 0.800. The Kier molecular flexibility index (Phi) is 4.42. The maximum Gasteiger partial charge on any atom is 0.107 e. The van der Waals surface area contributed by atoms with Gasteiger partial charge in [0, 0.05) is 16.8 Å². The molecular weight excluding hydrogens is 306 g/mol. The predicted molar refractivity (Wildman–Crippen MR) is 90.9 cm³/mol. The molecular formula is C15H23NOS3. The van der Waals surface area contributed by atoms with E-state index in [0.29, 0.717) is 10.5 Å². The van der Waals surface area contributed by atoms with Crippen molar-refractivity contribution in [1.29, 1.82) is 0 Å². The molecule has 3 atom stereocenters. The molecule has 0 bridgehead atoms. The highest BCUT2D eigenvalue weighted by Crippen LogP contribution is 2.49. The molecule has 1 aromatic heterocycles. The van der Waals surface area contributed by atoms with Crippen molar-refractivity contribution in [3.63, 3.8) is 0 Å². The second-order valence-electron chi connectivity index (χ2n) is 6.53. The van der Waals surface area contributed by atoms with Crippen LogP contribution in [0.15, 0.2) is 0 Å². The number of aliphatic hydroxyl groups is 1. The summed E-state index contributed by atoms with van der Waals surface area (Å²) in [6.45, 7) is 6.75. The highest BCUT2D eigenvalue weighted by molar-refractivity contribution is 8.06. The first-order valence-corrected chi connectivity index (χ1v) is 10.3. The molecule has 1 aromatic rings. The molecule has 2 heterocycles. The van der Waals surface area contributed by atoms with Gasteiger partial charge in [-0.1, -0.05) is 20.8 Å². The Morgan fingerprint density at radius 1 is 1.30 bits per heavy atom. The summed E-state index contributed by atoms with van der Waals surface area (Å²) in [5.74, 6) is 2.49. The molecule has 20 heavy (non-hydrogen) atoms. The lowest BCUT2D eigenvalue weighted by Gasteiger charge is -2.31. The Balaban J connectivity index is 1.89. The minimum atomic E-state index is -0.304. The zero-order chi connectivity index (χ0) is 14.3. The van der Waals surface area contributed by atoms with Crippen LogP contribution in [-0.2, 0) is 6.42 Å². The third kappa shape index (κ3) is 2.92. The van der Waals surface area contributed by atoms with Gasteiger partial charge in [0.15, 0.2) is 0 Å². The van der Waals surface area contributed by atoms with Crippen LogP contribution < -0.4 is 0 Å². The van der Waals surface area contributed by atoms with Gasteiger partial charge in [-0.25, -0.2) is 4.98 Å². The number of fused-ring (bicyclic) bond motifs is 1. The fourth-order valence-corrected chi connectivity index (χ4v) is 7.66. The van der Waals surface area contributed by atoms with Crippen LogP contribution in [0.4, 0.5) is 0 Å². The van der Waals surface area contributed by atoms with Gasteiger partial charge in [-0.05, 0) is 24.7 Å². The van der Waals surface area contributed by atoms with E-state index in [0.717, 1.165) is 17.7 Å². The molecule has 3 rings (SSSR count). The average molecular weight is 330 g/mol. The molecule has 0 aromatic carbocycles. The standard InChI is InChI=1S/C15H23NOS3/c1-4-11-13(19-6-5-18-11)14-16-9-7-15(2,3)8-10(17)12(9)20-14/h10-11,13,17H,4-8H2,1-3H3. The first kappa shape index (κ1) is 15.2. The van der Waals surface area contributed by atoms with E-state index in [1.807, 2.05) is 0 Å². The topological polar surface area (TPSA) is 33.1 Å². The van der Waals surface area contributed by atoms with Crippen LogP contribution in [0.25, 0.3) is 0 Å². The second-order valence-corrected chi connectivity index (χ2v) is 10.2. The molecule has 0 amide bonds. The van der Waals surface area contributed by atoms with Crippen molar-refractivity contribution < 1.29 is 5.11 Å². The van der Waals surface area contributed by atoms with Crippen molar-refractivity contribution in [3.05, 3.63) is 15.6 Å². The summed E-state index contributed by atoms with van der Waals surface area (Å²) < 4.78 is 0. The van der Waals surface area contributed by atoms with Gasteiger partial charge in [0.2, 0.25) is 0 Å². The quantitative estimate of drug-likeness (QED) is 0.869. The Morgan fingerprint density at radius 2 is 2.05 bits per heavy atom. The van der Waals surface area contributed by atoms with E-state index in [9.17, 15) is 5.11 Å². The van der Waals surface area contributed by atoms with E-state index >= 15 is 0 Å². The lowest BCUT2D eigenvalue weighted by atomic mass is 9.77. The third-order valence-corrected chi connectivity index (χ3v) is 8.82. The first-order chi connectivity index (χ1) is 9.50. The monoisotopic (exact) mass is 329 g/mol. The number of rotatable bonds is 2. The smallest absolute Gasteiger partial charge is 0.107 e. The zero-order valence-corrected chi connectivity index (χ0v) is 14.8. The molecule has 0 radical (unpaired) electrons. The summed E-state index contributed by atoms with van der Waals surface area (Å²) in [7, 11) is 0. The van der Waals surface area contributed by atoms with Gasteiger partial charge in [-0.2, -0.15) is 11.8 Å². The number of aliphatic hydroxyl groups excluding tert-OH is 1. The number of aromatic nitrogens is 1. The maximum absolute atomic E-state index is 10.4. The molecule has 1 fully saturated rings. The van der Waals surface area contributed by atoms with Gasteiger partial charge < -0.3 is 5.11 Å². The van der Waals surface area contributed by atoms with Crippen molar-refractivity contribution in [1.82, 2.24) is 4.98 Å². The number of thiazole rings is 1. The zero-order valence-electron chi connectivity index (χ0n) is 12.4. The van der Waals surface area contributed by atoms with Gasteiger partial charge in [-0.3, -0.25) is 0 Å². The van der Waals surface area contributed by atoms with Gasteiger partial charge in [0.25, 0.3) is 0 Å². The van der Waals surface area contributed by atoms with Crippen LogP contribution in [0.5, 0.6) is 0 Å². The predicted octanol–water partition coefficient (Wildman–Crippen LogP) is 4.45. The van der Waals surface area contributed by atoms with Crippen LogP contribution in [0, 0.1) is 5.41 Å². The molecule has 1 N–H and O–H groups in total. The van der Waals surface area contributed by atoms with E-state index in [1.165, 1.54) is 28.6 Å². The highest BCUT2D eigenvalue weighted by atomic mass is 32.2. The molecule has 1 aliphatic carbocycles. The van der Waals surface area contributed by atoms with Crippen LogP contribution in [0.3, 0.4) is 0 Å². The van der Waals surface area contributed by atoms with Crippen molar-refractivity contribution in [2.75, 3.05) is 11.5 Å². The number of nitrogens with zero attached hydrogens (tertiary/aromatic N) is 1. The molecule has 1 aliphatic heterocycles. The molecule has 3 unspecified atom stereocenters. The molecule has 2 aliphatic rings. The highest BCUT2D eigenvalue weighted by Gasteiger charge is 2.36. The molecule has 112 valence electrons. The van der Waals surface area contributed by atoms with Gasteiger partial charge in [-0.15, -0.1) is 23.1 Å². The minimum Gasteiger partial charge on any atom is -0.387 e. The summed E-state index contributed by atoms with van der Waals surface area (Å²) in [5, 5.41) is 12.9. The van der Waals surface area contributed by atoms with Crippen molar-refractivity contribution >= 4 is 34.9 Å². The lowest BCUT2D eigenvalue weighted by molar-refractivity contribution is 0.102. The number of thioether (sulfide) groups is 2. The van der Waals surface area contributed by atoms with Crippen LogP contribution in [0.1, 0.15) is 60.5 Å². The second kappa shape index (κ2) is 5.82. The van der Waals surface area contributed by atoms with Crippen molar-refractivity contribution in [2.45, 2.75) is 56.6 Å². The lowest BCUT2D eigenvalue weighted by Crippen LogP contribution is -2.24. The largest absolute Gasteiger partial charge is 0.387 e. The average Bonchev–Trinajstić information content (AvgIpc) is 2.81. The van der Waals surface area contributed by atoms with E-state index in [4.69, 9.17) is 4.98 Å². The van der Waals surface area contributed by atoms with E-state index in [1.54, 1.807) is 11.3 Å². The molecule has 2 nitrogen and oxygen atoms in total. The van der Waals surface area contributed by atoms with Gasteiger partial charge in [0.05, 0.1) is 21.9 Å². The van der Waals surface area contributed by atoms with Crippen molar-refractivity contribution in [2.24, 2.45) is 5.41 Å².